The highest BCUT2D eigenvalue weighted by atomic mass is 16.4. The van der Waals surface area contributed by atoms with Crippen LogP contribution in [0.15, 0.2) is 30.3 Å². The maximum Gasteiger partial charge on any atom is 0.326 e. The van der Waals surface area contributed by atoms with E-state index in [-0.39, 0.29) is 0 Å². The first-order chi connectivity index (χ1) is 8.56. The summed E-state index contributed by atoms with van der Waals surface area (Å²) >= 11 is 0. The van der Waals surface area contributed by atoms with Gasteiger partial charge in [-0.1, -0.05) is 43.7 Å². The molecule has 0 fully saturated rings. The molecule has 1 aromatic rings. The summed E-state index contributed by atoms with van der Waals surface area (Å²) in [7, 11) is 0. The van der Waals surface area contributed by atoms with Gasteiger partial charge in [0.2, 0.25) is 5.91 Å². The second-order valence-corrected chi connectivity index (χ2v) is 4.08. The highest BCUT2D eigenvalue weighted by molar-refractivity contribution is 5.87. The number of aliphatic carboxylic acids is 1. The molecule has 0 aromatic heterocycles. The van der Waals surface area contributed by atoms with Gasteiger partial charge >= 0.3 is 5.97 Å². The minimum atomic E-state index is -1.04. The summed E-state index contributed by atoms with van der Waals surface area (Å²) in [5.74, 6) is -1.51. The van der Waals surface area contributed by atoms with Crippen LogP contribution in [-0.2, 0) is 9.59 Å². The van der Waals surface area contributed by atoms with Crippen LogP contribution in [0.1, 0.15) is 31.4 Å². The quantitative estimate of drug-likeness (QED) is 0.703. The number of carbonyl (C=O) groups is 2. The van der Waals surface area contributed by atoms with Gasteiger partial charge in [-0.15, -0.1) is 0 Å². The molecule has 0 spiro atoms. The van der Waals surface area contributed by atoms with Gasteiger partial charge < -0.3 is 16.2 Å². The Kier molecular flexibility index (Phi) is 5.32. The summed E-state index contributed by atoms with van der Waals surface area (Å²) in [5, 5.41) is 11.4. The van der Waals surface area contributed by atoms with E-state index < -0.39 is 24.0 Å². The number of hydrogen-bond acceptors (Lipinski definition) is 3. The lowest BCUT2D eigenvalue weighted by atomic mass is 10.1. The Morgan fingerprint density at radius 2 is 1.94 bits per heavy atom. The van der Waals surface area contributed by atoms with Crippen molar-refractivity contribution in [2.45, 2.75) is 31.8 Å². The average molecular weight is 250 g/mol. The van der Waals surface area contributed by atoms with Gasteiger partial charge in [0, 0.05) is 0 Å². The molecule has 1 rings (SSSR count). The highest BCUT2D eigenvalue weighted by Crippen LogP contribution is 2.10. The van der Waals surface area contributed by atoms with E-state index in [2.05, 4.69) is 5.32 Å². The fourth-order valence-electron chi connectivity index (χ4n) is 1.62. The lowest BCUT2D eigenvalue weighted by Gasteiger charge is -2.17. The van der Waals surface area contributed by atoms with E-state index in [1.165, 1.54) is 0 Å². The number of nitrogens with two attached hydrogens (primary N) is 1. The summed E-state index contributed by atoms with van der Waals surface area (Å²) in [6, 6.07) is 7.14. The second kappa shape index (κ2) is 6.76. The van der Waals surface area contributed by atoms with Crippen LogP contribution in [0, 0.1) is 0 Å². The molecular formula is C13H18N2O3. The van der Waals surface area contributed by atoms with Gasteiger partial charge in [0.05, 0.1) is 0 Å². The van der Waals surface area contributed by atoms with Crippen molar-refractivity contribution in [1.29, 1.82) is 0 Å². The smallest absolute Gasteiger partial charge is 0.326 e. The predicted octanol–water partition coefficient (Wildman–Crippen LogP) is 1.06. The zero-order valence-corrected chi connectivity index (χ0v) is 10.3. The van der Waals surface area contributed by atoms with Crippen molar-refractivity contribution in [1.82, 2.24) is 5.32 Å². The number of carbonyl (C=O) groups excluding carboxylic acids is 1. The molecule has 4 N–H and O–H groups in total. The summed E-state index contributed by atoms with van der Waals surface area (Å²) in [6.07, 6.45) is 1.07. The largest absolute Gasteiger partial charge is 0.480 e. The Labute approximate surface area is 106 Å². The molecule has 0 radical (unpaired) electrons. The average Bonchev–Trinajstić information content (AvgIpc) is 2.38. The fourth-order valence-corrected chi connectivity index (χ4v) is 1.62. The van der Waals surface area contributed by atoms with E-state index in [1.54, 1.807) is 24.3 Å². The number of nitrogens with one attached hydrogen (secondary N) is 1. The SMILES string of the molecule is CCC[C@H](NC(=O)[C@@H](N)c1ccccc1)C(=O)O. The van der Waals surface area contributed by atoms with Crippen LogP contribution in [0.25, 0.3) is 0 Å². The van der Waals surface area contributed by atoms with E-state index in [1.807, 2.05) is 13.0 Å². The van der Waals surface area contributed by atoms with Crippen LogP contribution in [0.2, 0.25) is 0 Å². The summed E-state index contributed by atoms with van der Waals surface area (Å²) in [5.41, 5.74) is 6.44. The van der Waals surface area contributed by atoms with E-state index in [0.29, 0.717) is 18.4 Å². The standard InChI is InChI=1S/C13H18N2O3/c1-2-6-10(13(17)18)15-12(16)11(14)9-7-4-3-5-8-9/h3-5,7-8,10-11H,2,6,14H2,1H3,(H,15,16)(H,17,18)/t10-,11-/m0/s1. The Morgan fingerprint density at radius 3 is 2.44 bits per heavy atom. The van der Waals surface area contributed by atoms with E-state index in [9.17, 15) is 9.59 Å². The third-order valence-electron chi connectivity index (χ3n) is 2.63. The Hall–Kier alpha value is -1.88. The molecule has 2 atom stereocenters. The number of carboxylic acid groups (broad SMARTS) is 1. The molecule has 0 bridgehead atoms. The summed E-state index contributed by atoms with van der Waals surface area (Å²) < 4.78 is 0. The van der Waals surface area contributed by atoms with E-state index in [4.69, 9.17) is 10.8 Å². The van der Waals surface area contributed by atoms with Gasteiger partial charge in [-0.2, -0.15) is 0 Å². The first-order valence-corrected chi connectivity index (χ1v) is 5.90. The molecule has 0 unspecified atom stereocenters. The van der Waals surface area contributed by atoms with Crippen molar-refractivity contribution < 1.29 is 14.7 Å². The molecule has 18 heavy (non-hydrogen) atoms. The van der Waals surface area contributed by atoms with Crippen molar-refractivity contribution in [2.75, 3.05) is 0 Å². The Balaban J connectivity index is 2.67. The molecule has 98 valence electrons. The van der Waals surface area contributed by atoms with Crippen LogP contribution in [0.5, 0.6) is 0 Å². The predicted molar refractivity (Wildman–Crippen MR) is 67.8 cm³/mol. The highest BCUT2D eigenvalue weighted by Gasteiger charge is 2.23. The van der Waals surface area contributed by atoms with Gasteiger partial charge in [0.25, 0.3) is 0 Å². The van der Waals surface area contributed by atoms with Crippen LogP contribution in [-0.4, -0.2) is 23.0 Å². The minimum Gasteiger partial charge on any atom is -0.480 e. The van der Waals surface area contributed by atoms with Crippen LogP contribution in [0.4, 0.5) is 0 Å². The molecule has 0 saturated heterocycles. The van der Waals surface area contributed by atoms with Gasteiger partial charge in [0.15, 0.2) is 0 Å². The number of amides is 1. The van der Waals surface area contributed by atoms with Crippen molar-refractivity contribution in [3.05, 3.63) is 35.9 Å². The van der Waals surface area contributed by atoms with Crippen LogP contribution < -0.4 is 11.1 Å². The topological polar surface area (TPSA) is 92.4 Å². The Bertz CT molecular complexity index is 406. The van der Waals surface area contributed by atoms with Crippen molar-refractivity contribution >= 4 is 11.9 Å². The molecule has 5 heteroatoms. The molecular weight excluding hydrogens is 232 g/mol. The van der Waals surface area contributed by atoms with E-state index in [0.717, 1.165) is 0 Å². The molecule has 1 aromatic carbocycles. The second-order valence-electron chi connectivity index (χ2n) is 4.08. The molecule has 0 heterocycles. The maximum absolute atomic E-state index is 11.8. The Morgan fingerprint density at radius 1 is 1.33 bits per heavy atom. The fraction of sp³-hybridized carbons (Fsp3) is 0.385. The third kappa shape index (κ3) is 3.85. The van der Waals surface area contributed by atoms with Gasteiger partial charge in [-0.05, 0) is 12.0 Å². The molecule has 0 aliphatic carbocycles. The van der Waals surface area contributed by atoms with Crippen LogP contribution in [0.3, 0.4) is 0 Å². The molecule has 0 aliphatic rings. The van der Waals surface area contributed by atoms with Crippen molar-refractivity contribution in [3.63, 3.8) is 0 Å². The van der Waals surface area contributed by atoms with Gasteiger partial charge in [-0.3, -0.25) is 4.79 Å². The van der Waals surface area contributed by atoms with Crippen molar-refractivity contribution in [3.8, 4) is 0 Å². The monoisotopic (exact) mass is 250 g/mol. The number of carboxylic acids is 1. The van der Waals surface area contributed by atoms with E-state index >= 15 is 0 Å². The maximum atomic E-state index is 11.8. The van der Waals surface area contributed by atoms with Crippen LogP contribution >= 0.6 is 0 Å². The summed E-state index contributed by atoms with van der Waals surface area (Å²) in [6.45, 7) is 1.86. The first kappa shape index (κ1) is 14.2. The molecule has 0 aliphatic heterocycles. The zero-order valence-electron chi connectivity index (χ0n) is 10.3. The number of benzene rings is 1. The molecule has 1 amide bonds. The number of rotatable bonds is 6. The van der Waals surface area contributed by atoms with Gasteiger partial charge in [0.1, 0.15) is 12.1 Å². The zero-order chi connectivity index (χ0) is 13.5. The lowest BCUT2D eigenvalue weighted by molar-refractivity contribution is -0.142. The van der Waals surface area contributed by atoms with Crippen molar-refractivity contribution in [2.24, 2.45) is 5.73 Å². The third-order valence-corrected chi connectivity index (χ3v) is 2.63. The lowest BCUT2D eigenvalue weighted by Crippen LogP contribution is -2.44. The normalized spacial score (nSPS) is 13.7. The first-order valence-electron chi connectivity index (χ1n) is 5.90. The summed E-state index contributed by atoms with van der Waals surface area (Å²) in [4.78, 5) is 22.8. The number of hydrogen-bond donors (Lipinski definition) is 3. The van der Waals surface area contributed by atoms with Gasteiger partial charge in [-0.25, -0.2) is 4.79 Å². The minimum absolute atomic E-state index is 0.391. The molecule has 0 saturated carbocycles. The molecule has 5 nitrogen and oxygen atoms in total.